The van der Waals surface area contributed by atoms with Crippen molar-refractivity contribution in [3.8, 4) is 11.4 Å². The molecule has 29 heavy (non-hydrogen) atoms. The standard InChI is InChI=1S/C20H23FN6S.HI/c1-22-20(23-10-3-11-28-18-8-6-17(21)7-9-18)24-13-15-4-2-5-16(12-15)19-25-14-26-27-19;/h2,4-9,12,14H,3,10-11,13H2,1H3,(H2,22,23,24)(H,25,26,27);1H. The van der Waals surface area contributed by atoms with E-state index in [-0.39, 0.29) is 29.8 Å². The summed E-state index contributed by atoms with van der Waals surface area (Å²) in [6, 6.07) is 14.7. The lowest BCUT2D eigenvalue weighted by atomic mass is 10.1. The lowest BCUT2D eigenvalue weighted by Crippen LogP contribution is -2.37. The molecule has 0 amide bonds. The highest BCUT2D eigenvalue weighted by Crippen LogP contribution is 2.18. The van der Waals surface area contributed by atoms with Gasteiger partial charge in [0.05, 0.1) is 0 Å². The fourth-order valence-electron chi connectivity index (χ4n) is 2.58. The van der Waals surface area contributed by atoms with Crippen LogP contribution in [0.1, 0.15) is 12.0 Å². The Balaban J connectivity index is 0.00000300. The third-order valence-corrected chi connectivity index (χ3v) is 5.09. The molecular weight excluding hydrogens is 502 g/mol. The lowest BCUT2D eigenvalue weighted by molar-refractivity contribution is 0.626. The second-order valence-corrected chi connectivity index (χ2v) is 7.21. The summed E-state index contributed by atoms with van der Waals surface area (Å²) in [6.07, 6.45) is 2.48. The number of nitrogens with zero attached hydrogens (tertiary/aromatic N) is 3. The molecule has 1 aromatic heterocycles. The van der Waals surface area contributed by atoms with Crippen molar-refractivity contribution in [2.24, 2.45) is 4.99 Å². The second-order valence-electron chi connectivity index (χ2n) is 6.04. The third-order valence-electron chi connectivity index (χ3n) is 3.99. The zero-order valence-electron chi connectivity index (χ0n) is 16.1. The normalized spacial score (nSPS) is 11.0. The van der Waals surface area contributed by atoms with Gasteiger partial charge in [-0.3, -0.25) is 10.1 Å². The second kappa shape index (κ2) is 12.4. The highest BCUT2D eigenvalue weighted by molar-refractivity contribution is 14.0. The van der Waals surface area contributed by atoms with Gasteiger partial charge in [-0.2, -0.15) is 5.10 Å². The van der Waals surface area contributed by atoms with Gasteiger partial charge in [-0.1, -0.05) is 18.2 Å². The molecule has 3 rings (SSSR count). The van der Waals surface area contributed by atoms with Gasteiger partial charge in [0.25, 0.3) is 0 Å². The average Bonchev–Trinajstić information content (AvgIpc) is 3.26. The molecule has 6 nitrogen and oxygen atoms in total. The monoisotopic (exact) mass is 526 g/mol. The lowest BCUT2D eigenvalue weighted by Gasteiger charge is -2.12. The number of rotatable bonds is 8. The van der Waals surface area contributed by atoms with E-state index in [0.29, 0.717) is 6.54 Å². The Bertz CT molecular complexity index is 886. The number of guanidine groups is 1. The van der Waals surface area contributed by atoms with E-state index >= 15 is 0 Å². The van der Waals surface area contributed by atoms with Crippen LogP contribution < -0.4 is 10.6 Å². The first-order valence-electron chi connectivity index (χ1n) is 9.02. The Labute approximate surface area is 191 Å². The molecule has 9 heteroatoms. The summed E-state index contributed by atoms with van der Waals surface area (Å²) in [4.78, 5) is 9.52. The molecule has 154 valence electrons. The summed E-state index contributed by atoms with van der Waals surface area (Å²) < 4.78 is 12.9. The molecule has 0 saturated heterocycles. The molecule has 3 N–H and O–H groups in total. The minimum Gasteiger partial charge on any atom is -0.356 e. The highest BCUT2D eigenvalue weighted by Gasteiger charge is 2.03. The third kappa shape index (κ3) is 7.65. The minimum absolute atomic E-state index is 0. The van der Waals surface area contributed by atoms with Gasteiger partial charge in [0.2, 0.25) is 0 Å². The zero-order valence-corrected chi connectivity index (χ0v) is 19.2. The van der Waals surface area contributed by atoms with Crippen molar-refractivity contribution in [3.05, 3.63) is 66.2 Å². The van der Waals surface area contributed by atoms with E-state index in [9.17, 15) is 4.39 Å². The maximum Gasteiger partial charge on any atom is 0.191 e. The maximum atomic E-state index is 12.9. The smallest absolute Gasteiger partial charge is 0.191 e. The summed E-state index contributed by atoms with van der Waals surface area (Å²) in [7, 11) is 1.76. The van der Waals surface area contributed by atoms with E-state index in [2.05, 4.69) is 42.9 Å². The minimum atomic E-state index is -0.202. The molecule has 0 fully saturated rings. The number of thioether (sulfide) groups is 1. The predicted molar refractivity (Wildman–Crippen MR) is 127 cm³/mol. The highest BCUT2D eigenvalue weighted by atomic mass is 127. The molecule has 1 heterocycles. The van der Waals surface area contributed by atoms with E-state index in [1.807, 2.05) is 12.1 Å². The van der Waals surface area contributed by atoms with Crippen LogP contribution in [-0.4, -0.2) is 40.5 Å². The van der Waals surface area contributed by atoms with Gasteiger partial charge in [0, 0.05) is 30.6 Å². The van der Waals surface area contributed by atoms with Crippen LogP contribution in [0.3, 0.4) is 0 Å². The van der Waals surface area contributed by atoms with Crippen LogP contribution in [0.4, 0.5) is 4.39 Å². The van der Waals surface area contributed by atoms with Gasteiger partial charge in [0.1, 0.15) is 12.1 Å². The van der Waals surface area contributed by atoms with Crippen LogP contribution in [0.2, 0.25) is 0 Å². The van der Waals surface area contributed by atoms with E-state index in [0.717, 1.165) is 46.5 Å². The zero-order chi connectivity index (χ0) is 19.6. The van der Waals surface area contributed by atoms with Gasteiger partial charge in [0.15, 0.2) is 11.8 Å². The van der Waals surface area contributed by atoms with Crippen LogP contribution in [0.5, 0.6) is 0 Å². The average molecular weight is 526 g/mol. The first-order chi connectivity index (χ1) is 13.7. The topological polar surface area (TPSA) is 78.0 Å². The Morgan fingerprint density at radius 1 is 1.17 bits per heavy atom. The van der Waals surface area contributed by atoms with Gasteiger partial charge in [-0.15, -0.1) is 35.7 Å². The molecule has 0 aliphatic carbocycles. The van der Waals surface area contributed by atoms with Crippen molar-refractivity contribution in [1.29, 1.82) is 0 Å². The van der Waals surface area contributed by atoms with Crippen LogP contribution >= 0.6 is 35.7 Å². The Kier molecular flexibility index (Phi) is 9.92. The van der Waals surface area contributed by atoms with E-state index < -0.39 is 0 Å². The number of aliphatic imine (C=N–C) groups is 1. The molecule has 0 aliphatic heterocycles. The van der Waals surface area contributed by atoms with Crippen LogP contribution in [0, 0.1) is 5.82 Å². The van der Waals surface area contributed by atoms with Gasteiger partial charge in [-0.05, 0) is 48.1 Å². The molecular formula is C20H24FIN6S. The van der Waals surface area contributed by atoms with E-state index in [1.165, 1.54) is 18.5 Å². The van der Waals surface area contributed by atoms with Crippen molar-refractivity contribution in [3.63, 3.8) is 0 Å². The Hall–Kier alpha value is -2.14. The summed E-state index contributed by atoms with van der Waals surface area (Å²) in [6.45, 7) is 1.47. The van der Waals surface area contributed by atoms with Crippen LogP contribution in [0.25, 0.3) is 11.4 Å². The van der Waals surface area contributed by atoms with Gasteiger partial charge in [-0.25, -0.2) is 9.37 Å². The molecule has 0 saturated carbocycles. The fraction of sp³-hybridized carbons (Fsp3) is 0.250. The summed E-state index contributed by atoms with van der Waals surface area (Å²) in [5.41, 5.74) is 2.13. The Morgan fingerprint density at radius 2 is 2.00 bits per heavy atom. The number of H-pyrrole nitrogens is 1. The molecule has 0 bridgehead atoms. The molecule has 0 spiro atoms. The predicted octanol–water partition coefficient (Wildman–Crippen LogP) is 4.08. The first kappa shape index (κ1) is 23.1. The molecule has 2 aromatic carbocycles. The van der Waals surface area contributed by atoms with Gasteiger partial charge < -0.3 is 10.6 Å². The number of aromatic amines is 1. The molecule has 0 aliphatic rings. The molecule has 3 aromatic rings. The maximum absolute atomic E-state index is 12.9. The molecule has 0 atom stereocenters. The van der Waals surface area contributed by atoms with E-state index in [1.54, 1.807) is 30.9 Å². The van der Waals surface area contributed by atoms with Crippen molar-refractivity contribution < 1.29 is 4.39 Å². The first-order valence-corrected chi connectivity index (χ1v) is 10.0. The summed E-state index contributed by atoms with van der Waals surface area (Å²) in [5, 5.41) is 13.4. The molecule has 0 unspecified atom stereocenters. The SMILES string of the molecule is CN=C(NCCCSc1ccc(F)cc1)NCc1cccc(-c2ncn[nH]2)c1.I. The quantitative estimate of drug-likeness (QED) is 0.136. The number of halogens is 2. The van der Waals surface area contributed by atoms with Crippen molar-refractivity contribution >= 4 is 41.7 Å². The van der Waals surface area contributed by atoms with E-state index in [4.69, 9.17) is 0 Å². The number of hydrogen-bond acceptors (Lipinski definition) is 4. The van der Waals surface area contributed by atoms with Gasteiger partial charge >= 0.3 is 0 Å². The number of benzene rings is 2. The number of aromatic nitrogens is 3. The molecule has 0 radical (unpaired) electrons. The van der Waals surface area contributed by atoms with Crippen molar-refractivity contribution in [1.82, 2.24) is 25.8 Å². The van der Waals surface area contributed by atoms with Crippen molar-refractivity contribution in [2.45, 2.75) is 17.9 Å². The fourth-order valence-corrected chi connectivity index (χ4v) is 3.43. The Morgan fingerprint density at radius 3 is 2.72 bits per heavy atom. The van der Waals surface area contributed by atoms with Crippen molar-refractivity contribution in [2.75, 3.05) is 19.3 Å². The number of hydrogen-bond donors (Lipinski definition) is 3. The van der Waals surface area contributed by atoms with Crippen LogP contribution in [-0.2, 0) is 6.54 Å². The summed E-state index contributed by atoms with van der Waals surface area (Å²) in [5.74, 6) is 2.27. The summed E-state index contributed by atoms with van der Waals surface area (Å²) >= 11 is 1.72. The van der Waals surface area contributed by atoms with Crippen LogP contribution in [0.15, 0.2) is 64.7 Å². The largest absolute Gasteiger partial charge is 0.356 e. The number of nitrogens with one attached hydrogen (secondary N) is 3.